The summed E-state index contributed by atoms with van der Waals surface area (Å²) in [6.07, 6.45) is 7.47. The van der Waals surface area contributed by atoms with Crippen molar-refractivity contribution in [2.45, 2.75) is 44.9 Å². The summed E-state index contributed by atoms with van der Waals surface area (Å²) in [5.41, 5.74) is 11.8. The van der Waals surface area contributed by atoms with Gasteiger partial charge in [0.05, 0.1) is 5.41 Å². The van der Waals surface area contributed by atoms with Gasteiger partial charge < -0.3 is 21.5 Å². The van der Waals surface area contributed by atoms with Crippen LogP contribution in [0.5, 0.6) is 5.75 Å². The summed E-state index contributed by atoms with van der Waals surface area (Å²) in [5.74, 6) is 0.341. The molecule has 0 saturated carbocycles. The molecule has 6 nitrogen and oxygen atoms in total. The Kier molecular flexibility index (Phi) is 9.80. The van der Waals surface area contributed by atoms with E-state index in [2.05, 4.69) is 88.1 Å². The zero-order valence-electron chi connectivity index (χ0n) is 22.7. The number of nitrogens with zero attached hydrogens (tertiary/aromatic N) is 1. The third-order valence-corrected chi connectivity index (χ3v) is 7.79. The smallest absolute Gasteiger partial charge is 0.220 e. The molecule has 0 aliphatic carbocycles. The van der Waals surface area contributed by atoms with Gasteiger partial charge in [0, 0.05) is 64.1 Å². The quantitative estimate of drug-likeness (QED) is 0.104. The van der Waals surface area contributed by atoms with E-state index >= 15 is 0 Å². The molecule has 0 aromatic heterocycles. The molecule has 204 valence electrons. The second kappa shape index (κ2) is 13.3. The van der Waals surface area contributed by atoms with Gasteiger partial charge in [-0.05, 0) is 97.8 Å². The molecule has 0 spiro atoms. The number of hydrogen-bond acceptors (Lipinski definition) is 4. The van der Waals surface area contributed by atoms with Crippen molar-refractivity contribution in [3.05, 3.63) is 87.5 Å². The third-order valence-electron chi connectivity index (χ3n) is 7.12. The van der Waals surface area contributed by atoms with Gasteiger partial charge in [-0.3, -0.25) is 4.79 Å². The van der Waals surface area contributed by atoms with Gasteiger partial charge >= 0.3 is 0 Å². The zero-order valence-corrected chi connectivity index (χ0v) is 24.9. The van der Waals surface area contributed by atoms with E-state index < -0.39 is 0 Å². The summed E-state index contributed by atoms with van der Waals surface area (Å²) < 4.78 is 3.48. The number of halogens is 1. The van der Waals surface area contributed by atoms with E-state index in [0.717, 1.165) is 46.3 Å². The van der Waals surface area contributed by atoms with Crippen LogP contribution in [0.2, 0.25) is 0 Å². The lowest BCUT2D eigenvalue weighted by atomic mass is 9.81. The number of amides is 1. The first-order chi connectivity index (χ1) is 18.8. The molecule has 0 atom stereocenters. The average molecular weight is 638 g/mol. The van der Waals surface area contributed by atoms with Crippen LogP contribution in [0.4, 0.5) is 17.1 Å². The monoisotopic (exact) mass is 637 g/mol. The molecular weight excluding hydrogens is 599 g/mol. The van der Waals surface area contributed by atoms with Gasteiger partial charge in [0.2, 0.25) is 11.6 Å². The van der Waals surface area contributed by atoms with E-state index in [-0.39, 0.29) is 17.1 Å². The fourth-order valence-electron chi connectivity index (χ4n) is 5.04. The maximum atomic E-state index is 11.9. The predicted octanol–water partition coefficient (Wildman–Crippen LogP) is 6.47. The fraction of sp³-hybridized carbons (Fsp3) is 0.312. The van der Waals surface area contributed by atoms with Gasteiger partial charge in [-0.25, -0.2) is 0 Å². The Morgan fingerprint density at radius 3 is 2.56 bits per heavy atom. The van der Waals surface area contributed by atoms with Crippen LogP contribution in [0.3, 0.4) is 0 Å². The number of fused-ring (bicyclic) bond motifs is 1. The van der Waals surface area contributed by atoms with Gasteiger partial charge in [0.25, 0.3) is 0 Å². The van der Waals surface area contributed by atoms with Crippen molar-refractivity contribution in [3.8, 4) is 5.75 Å². The van der Waals surface area contributed by atoms with Crippen LogP contribution >= 0.6 is 22.6 Å². The van der Waals surface area contributed by atoms with Crippen molar-refractivity contribution < 1.29 is 14.5 Å². The number of benzene rings is 3. The Bertz CT molecular complexity index is 1370. The van der Waals surface area contributed by atoms with E-state index in [1.807, 2.05) is 36.4 Å². The minimum Gasteiger partial charge on any atom is -0.507 e. The van der Waals surface area contributed by atoms with E-state index in [1.165, 1.54) is 17.0 Å². The molecule has 4 rings (SSSR count). The summed E-state index contributed by atoms with van der Waals surface area (Å²) in [4.78, 5) is 11.9. The maximum Gasteiger partial charge on any atom is 0.220 e. The fourth-order valence-corrected chi connectivity index (χ4v) is 5.56. The number of phenols is 1. The van der Waals surface area contributed by atoms with Crippen molar-refractivity contribution in [3.63, 3.8) is 0 Å². The first-order valence-corrected chi connectivity index (χ1v) is 14.6. The van der Waals surface area contributed by atoms with Gasteiger partial charge in [0.1, 0.15) is 12.3 Å². The molecule has 5 N–H and O–H groups in total. The number of nitrogens with two attached hydrogens (primary N) is 1. The highest BCUT2D eigenvalue weighted by atomic mass is 127. The van der Waals surface area contributed by atoms with Crippen molar-refractivity contribution in [2.24, 2.45) is 5.73 Å². The number of hydrogen-bond donors (Lipinski definition) is 4. The molecule has 0 fully saturated rings. The normalized spacial score (nSPS) is 14.1. The number of nitrogens with one attached hydrogen (secondary N) is 2. The molecule has 3 aromatic carbocycles. The van der Waals surface area contributed by atoms with Crippen molar-refractivity contribution in [1.82, 2.24) is 5.32 Å². The average Bonchev–Trinajstić information content (AvgIpc) is 3.13. The largest absolute Gasteiger partial charge is 0.507 e. The number of carbonyl (C=O) groups excluding carboxylic acids is 1. The van der Waals surface area contributed by atoms with E-state index in [9.17, 15) is 9.90 Å². The highest BCUT2D eigenvalue weighted by Crippen LogP contribution is 2.42. The van der Waals surface area contributed by atoms with Gasteiger partial charge in [-0.1, -0.05) is 18.2 Å². The first kappa shape index (κ1) is 28.8. The molecule has 0 saturated heterocycles. The highest BCUT2D eigenvalue weighted by Gasteiger charge is 2.44. The number of para-hydroxylation sites is 1. The van der Waals surface area contributed by atoms with Gasteiger partial charge in [-0.2, -0.15) is 4.58 Å². The van der Waals surface area contributed by atoms with Crippen molar-refractivity contribution in [2.75, 3.05) is 25.0 Å². The van der Waals surface area contributed by atoms with Crippen LogP contribution in [-0.2, 0) is 10.2 Å². The molecule has 1 amide bonds. The number of aromatic hydroxyl groups is 1. The molecule has 1 heterocycles. The summed E-state index contributed by atoms with van der Waals surface area (Å²) in [7, 11) is 0. The lowest BCUT2D eigenvalue weighted by Gasteiger charge is -2.17. The molecule has 3 aromatic rings. The molecule has 1 aliphatic heterocycles. The Balaban J connectivity index is 1.59. The minimum absolute atomic E-state index is 0.0685. The van der Waals surface area contributed by atoms with Crippen molar-refractivity contribution in [1.29, 1.82) is 0 Å². The first-order valence-electron chi connectivity index (χ1n) is 13.5. The molecule has 7 heteroatoms. The lowest BCUT2D eigenvalue weighted by Crippen LogP contribution is -2.28. The topological polar surface area (TPSA) is 90.4 Å². The molecule has 1 aliphatic rings. The number of unbranched alkanes of at least 4 members (excludes halogenated alkanes) is 2. The Morgan fingerprint density at radius 2 is 1.79 bits per heavy atom. The minimum atomic E-state index is -0.236. The van der Waals surface area contributed by atoms with Crippen LogP contribution in [0, 0.1) is 3.57 Å². The van der Waals surface area contributed by atoms with Crippen molar-refractivity contribution >= 4 is 57.3 Å². The zero-order chi connectivity index (χ0) is 27.8. The SMILES string of the molecule is CC1(C)C(/C=C/c2cc(I)ccc2O)=[N+](CCCCCC(=O)NCCN)c2ccc(Nc3ccccc3)cc21. The summed E-state index contributed by atoms with van der Waals surface area (Å²) in [6.45, 7) is 6.36. The van der Waals surface area contributed by atoms with Gasteiger partial charge in [-0.15, -0.1) is 0 Å². The lowest BCUT2D eigenvalue weighted by molar-refractivity contribution is -0.438. The Hall–Kier alpha value is -3.17. The van der Waals surface area contributed by atoms with Gasteiger partial charge in [0.15, 0.2) is 5.71 Å². The molecule has 0 radical (unpaired) electrons. The standard InChI is InChI=1S/C32H37IN4O2/c1-32(2)27-22-26(36-25-9-5-3-6-10-25)14-15-28(27)37(20-8-4-7-11-31(39)35-19-18-34)30(32)17-12-23-21-24(33)13-16-29(23)38/h3,5-6,9-10,12-17,21-22,36H,4,7-8,11,18-20,34H2,1-2H3,(H,35,39)/p+1. The second-order valence-corrected chi connectivity index (χ2v) is 11.6. The predicted molar refractivity (Wildman–Crippen MR) is 169 cm³/mol. The number of allylic oxidation sites excluding steroid dienone is 1. The molecule has 39 heavy (non-hydrogen) atoms. The number of anilines is 2. The van der Waals surface area contributed by atoms with E-state index in [4.69, 9.17) is 5.73 Å². The highest BCUT2D eigenvalue weighted by molar-refractivity contribution is 14.1. The van der Waals surface area contributed by atoms with E-state index in [1.54, 1.807) is 6.07 Å². The van der Waals surface area contributed by atoms with Crippen LogP contribution in [0.15, 0.2) is 72.8 Å². The van der Waals surface area contributed by atoms with Crippen LogP contribution in [0.1, 0.15) is 50.7 Å². The summed E-state index contributed by atoms with van der Waals surface area (Å²) in [6, 6.07) is 22.4. The van der Waals surface area contributed by atoms with Crippen LogP contribution in [0.25, 0.3) is 6.08 Å². The molecule has 0 unspecified atom stereocenters. The Labute approximate surface area is 245 Å². The second-order valence-electron chi connectivity index (χ2n) is 10.4. The van der Waals surface area contributed by atoms with Crippen LogP contribution < -0.4 is 16.4 Å². The number of rotatable bonds is 12. The molecular formula is C32H38IN4O2+. The Morgan fingerprint density at radius 1 is 1.00 bits per heavy atom. The third kappa shape index (κ3) is 7.28. The van der Waals surface area contributed by atoms with Crippen LogP contribution in [-0.4, -0.2) is 40.9 Å². The van der Waals surface area contributed by atoms with E-state index in [0.29, 0.717) is 19.5 Å². The molecule has 0 bridgehead atoms. The summed E-state index contributed by atoms with van der Waals surface area (Å²) in [5, 5.41) is 16.8. The number of carbonyl (C=O) groups is 1. The summed E-state index contributed by atoms with van der Waals surface area (Å²) >= 11 is 2.27. The number of phenolic OH excluding ortho intramolecular Hbond substituents is 1. The maximum absolute atomic E-state index is 11.9.